The average molecular weight is 312 g/mol. The second-order valence-electron chi connectivity index (χ2n) is 4.78. The Morgan fingerprint density at radius 1 is 1.50 bits per heavy atom. The summed E-state index contributed by atoms with van der Waals surface area (Å²) >= 11 is 3.44. The minimum Gasteiger partial charge on any atom is -0.388 e. The summed E-state index contributed by atoms with van der Waals surface area (Å²) in [6, 6.07) is 6.03. The lowest BCUT2D eigenvalue weighted by molar-refractivity contribution is 0.0668. The normalized spacial score (nSPS) is 14.9. The van der Waals surface area contributed by atoms with Crippen LogP contribution in [0.2, 0.25) is 0 Å². The molecule has 0 fully saturated rings. The minimum absolute atomic E-state index is 0.226. The van der Waals surface area contributed by atoms with Crippen LogP contribution < -0.4 is 5.73 Å². The molecule has 1 aromatic carbocycles. The van der Waals surface area contributed by atoms with Gasteiger partial charge >= 0.3 is 0 Å². The Kier molecular flexibility index (Phi) is 3.75. The molecule has 0 saturated heterocycles. The van der Waals surface area contributed by atoms with Gasteiger partial charge in [-0.05, 0) is 32.0 Å². The number of aliphatic hydroxyl groups is 1. The summed E-state index contributed by atoms with van der Waals surface area (Å²) in [5.74, 6) is 0.876. The Balaban J connectivity index is 2.50. The van der Waals surface area contributed by atoms with Crippen molar-refractivity contribution in [3.05, 3.63) is 28.5 Å². The molecular formula is C13H18BrN3O. The summed E-state index contributed by atoms with van der Waals surface area (Å²) in [6.07, 6.45) is 0.462. The molecular weight excluding hydrogens is 294 g/mol. The first kappa shape index (κ1) is 13.5. The molecule has 98 valence electrons. The summed E-state index contributed by atoms with van der Waals surface area (Å²) in [6.45, 7) is 4.86. The zero-order valence-electron chi connectivity index (χ0n) is 10.7. The highest BCUT2D eigenvalue weighted by Gasteiger charge is 2.22. The fourth-order valence-corrected chi connectivity index (χ4v) is 2.40. The third-order valence-electron chi connectivity index (χ3n) is 3.08. The van der Waals surface area contributed by atoms with E-state index in [2.05, 4.69) is 32.4 Å². The van der Waals surface area contributed by atoms with E-state index < -0.39 is 5.60 Å². The Bertz CT molecular complexity index is 563. The van der Waals surface area contributed by atoms with E-state index in [-0.39, 0.29) is 6.54 Å². The van der Waals surface area contributed by atoms with Crippen molar-refractivity contribution < 1.29 is 5.11 Å². The van der Waals surface area contributed by atoms with Crippen molar-refractivity contribution >= 4 is 27.0 Å². The van der Waals surface area contributed by atoms with E-state index in [1.807, 2.05) is 18.2 Å². The second kappa shape index (κ2) is 4.99. The SMILES string of the molecule is CCn1c(CC(C)(O)CN)nc2cc(Br)ccc21. The molecule has 0 bridgehead atoms. The van der Waals surface area contributed by atoms with E-state index in [1.165, 1.54) is 0 Å². The zero-order valence-corrected chi connectivity index (χ0v) is 12.2. The van der Waals surface area contributed by atoms with Gasteiger partial charge in [0.05, 0.1) is 16.6 Å². The lowest BCUT2D eigenvalue weighted by Gasteiger charge is -2.20. The van der Waals surface area contributed by atoms with Crippen molar-refractivity contribution in [3.8, 4) is 0 Å². The quantitative estimate of drug-likeness (QED) is 0.908. The number of imidazole rings is 1. The van der Waals surface area contributed by atoms with Gasteiger partial charge in [-0.1, -0.05) is 15.9 Å². The van der Waals surface area contributed by atoms with Crippen molar-refractivity contribution in [1.82, 2.24) is 9.55 Å². The number of aromatic nitrogens is 2. The number of aryl methyl sites for hydroxylation is 1. The van der Waals surface area contributed by atoms with E-state index >= 15 is 0 Å². The van der Waals surface area contributed by atoms with E-state index in [0.717, 1.165) is 27.9 Å². The molecule has 0 spiro atoms. The van der Waals surface area contributed by atoms with Crippen LogP contribution in [0, 0.1) is 0 Å². The lowest BCUT2D eigenvalue weighted by atomic mass is 10.0. The van der Waals surface area contributed by atoms with Crippen molar-refractivity contribution in [2.45, 2.75) is 32.4 Å². The van der Waals surface area contributed by atoms with Crippen LogP contribution in [0.5, 0.6) is 0 Å². The molecule has 2 rings (SSSR count). The third kappa shape index (κ3) is 2.58. The zero-order chi connectivity index (χ0) is 13.3. The van der Waals surface area contributed by atoms with Crippen LogP contribution in [0.25, 0.3) is 11.0 Å². The topological polar surface area (TPSA) is 64.1 Å². The van der Waals surface area contributed by atoms with Crippen LogP contribution in [0.3, 0.4) is 0 Å². The predicted octanol–water partition coefficient (Wildman–Crippen LogP) is 2.07. The van der Waals surface area contributed by atoms with Crippen LogP contribution in [-0.4, -0.2) is 26.8 Å². The first-order valence-electron chi connectivity index (χ1n) is 6.04. The lowest BCUT2D eigenvalue weighted by Crippen LogP contribution is -2.37. The maximum absolute atomic E-state index is 10.1. The summed E-state index contributed by atoms with van der Waals surface area (Å²) in [7, 11) is 0. The Morgan fingerprint density at radius 2 is 2.22 bits per heavy atom. The largest absolute Gasteiger partial charge is 0.388 e. The minimum atomic E-state index is -0.911. The number of fused-ring (bicyclic) bond motifs is 1. The number of hydrogen-bond donors (Lipinski definition) is 2. The third-order valence-corrected chi connectivity index (χ3v) is 3.58. The molecule has 0 aliphatic carbocycles. The predicted molar refractivity (Wildman–Crippen MR) is 76.5 cm³/mol. The average Bonchev–Trinajstić information content (AvgIpc) is 2.64. The number of nitrogens with two attached hydrogens (primary N) is 1. The smallest absolute Gasteiger partial charge is 0.112 e. The van der Waals surface area contributed by atoms with Crippen LogP contribution >= 0.6 is 15.9 Å². The molecule has 1 atom stereocenters. The molecule has 2 aromatic rings. The van der Waals surface area contributed by atoms with Crippen molar-refractivity contribution in [3.63, 3.8) is 0 Å². The van der Waals surface area contributed by atoms with Crippen LogP contribution in [0.15, 0.2) is 22.7 Å². The number of benzene rings is 1. The monoisotopic (exact) mass is 311 g/mol. The van der Waals surface area contributed by atoms with E-state index in [9.17, 15) is 5.11 Å². The summed E-state index contributed by atoms with van der Waals surface area (Å²) in [5.41, 5.74) is 6.68. The van der Waals surface area contributed by atoms with Gasteiger partial charge in [0.25, 0.3) is 0 Å². The van der Waals surface area contributed by atoms with Gasteiger partial charge in [0.15, 0.2) is 0 Å². The maximum atomic E-state index is 10.1. The highest BCUT2D eigenvalue weighted by molar-refractivity contribution is 9.10. The van der Waals surface area contributed by atoms with Crippen LogP contribution in [0.4, 0.5) is 0 Å². The Morgan fingerprint density at radius 3 is 2.83 bits per heavy atom. The van der Waals surface area contributed by atoms with Gasteiger partial charge in [-0.15, -0.1) is 0 Å². The van der Waals surface area contributed by atoms with E-state index in [4.69, 9.17) is 5.73 Å². The van der Waals surface area contributed by atoms with Crippen LogP contribution in [-0.2, 0) is 13.0 Å². The maximum Gasteiger partial charge on any atom is 0.112 e. The summed E-state index contributed by atoms with van der Waals surface area (Å²) in [5, 5.41) is 10.1. The van der Waals surface area contributed by atoms with Gasteiger partial charge in [-0.3, -0.25) is 0 Å². The number of rotatable bonds is 4. The van der Waals surface area contributed by atoms with Gasteiger partial charge in [0.1, 0.15) is 5.82 Å². The second-order valence-corrected chi connectivity index (χ2v) is 5.70. The van der Waals surface area contributed by atoms with E-state index in [0.29, 0.717) is 6.42 Å². The van der Waals surface area contributed by atoms with Crippen molar-refractivity contribution in [1.29, 1.82) is 0 Å². The molecule has 1 aromatic heterocycles. The highest BCUT2D eigenvalue weighted by atomic mass is 79.9. The molecule has 0 amide bonds. The molecule has 4 nitrogen and oxygen atoms in total. The molecule has 18 heavy (non-hydrogen) atoms. The standard InChI is InChI=1S/C13H18BrN3O/c1-3-17-11-5-4-9(14)6-10(11)16-12(17)7-13(2,18)8-15/h4-6,18H,3,7-8,15H2,1-2H3. The van der Waals surface area contributed by atoms with Gasteiger partial charge < -0.3 is 15.4 Å². The summed E-state index contributed by atoms with van der Waals surface area (Å²) in [4.78, 5) is 4.59. The Labute approximate surface area is 115 Å². The fourth-order valence-electron chi connectivity index (χ4n) is 2.05. The van der Waals surface area contributed by atoms with E-state index in [1.54, 1.807) is 6.92 Å². The van der Waals surface area contributed by atoms with Gasteiger partial charge in [-0.2, -0.15) is 0 Å². The number of halogens is 1. The highest BCUT2D eigenvalue weighted by Crippen LogP contribution is 2.23. The van der Waals surface area contributed by atoms with Crippen LogP contribution in [0.1, 0.15) is 19.7 Å². The number of nitrogens with zero attached hydrogens (tertiary/aromatic N) is 2. The summed E-state index contributed by atoms with van der Waals surface area (Å²) < 4.78 is 3.12. The molecule has 3 N–H and O–H groups in total. The van der Waals surface area contributed by atoms with Crippen molar-refractivity contribution in [2.75, 3.05) is 6.54 Å². The molecule has 0 aliphatic rings. The van der Waals surface area contributed by atoms with Gasteiger partial charge in [-0.25, -0.2) is 4.98 Å². The Hall–Kier alpha value is -0.910. The number of hydrogen-bond acceptors (Lipinski definition) is 3. The van der Waals surface area contributed by atoms with Crippen molar-refractivity contribution in [2.24, 2.45) is 5.73 Å². The van der Waals surface area contributed by atoms with Gasteiger partial charge in [0.2, 0.25) is 0 Å². The molecule has 5 heteroatoms. The first-order chi connectivity index (χ1) is 8.46. The molecule has 0 saturated carbocycles. The fraction of sp³-hybridized carbons (Fsp3) is 0.462. The molecule has 0 radical (unpaired) electrons. The first-order valence-corrected chi connectivity index (χ1v) is 6.83. The molecule has 1 heterocycles. The van der Waals surface area contributed by atoms with Gasteiger partial charge in [0, 0.05) is 24.0 Å². The molecule has 1 unspecified atom stereocenters. The molecule has 0 aliphatic heterocycles.